The molecule has 2 bridgehead atoms. The van der Waals surface area contributed by atoms with E-state index in [9.17, 15) is 14.7 Å². The van der Waals surface area contributed by atoms with Crippen LogP contribution in [0.3, 0.4) is 0 Å². The number of carboxylic acids is 1. The van der Waals surface area contributed by atoms with E-state index in [-0.39, 0.29) is 17.7 Å². The first-order chi connectivity index (χ1) is 13.1. The second-order valence-corrected chi connectivity index (χ2v) is 7.50. The summed E-state index contributed by atoms with van der Waals surface area (Å²) in [5.41, 5.74) is 2.10. The van der Waals surface area contributed by atoms with Gasteiger partial charge in [0.05, 0.1) is 11.8 Å². The number of carbonyl (C=O) groups excluding carboxylic acids is 1. The molecule has 0 radical (unpaired) electrons. The molecule has 2 aliphatic rings. The molecule has 2 aromatic rings. The standard InChI is InChI=1S/C23H23NO3/c25-22(20-18-11-12-19(13-18)21(20)23(26)27)24(14-16-7-3-1-4-8-16)15-17-9-5-2-6-10-17/h1-12,18-21H,13-15H2,(H,26,27)/t18-,19-,20-,21+/m0/s1. The van der Waals surface area contributed by atoms with Gasteiger partial charge in [-0.1, -0.05) is 72.8 Å². The summed E-state index contributed by atoms with van der Waals surface area (Å²) in [6.07, 6.45) is 4.79. The normalized spacial score (nSPS) is 25.5. The van der Waals surface area contributed by atoms with Gasteiger partial charge in [0.2, 0.25) is 5.91 Å². The first-order valence-corrected chi connectivity index (χ1v) is 9.41. The number of carboxylic acid groups (broad SMARTS) is 1. The van der Waals surface area contributed by atoms with Crippen molar-refractivity contribution in [3.8, 4) is 0 Å². The second-order valence-electron chi connectivity index (χ2n) is 7.50. The molecule has 138 valence electrons. The molecule has 27 heavy (non-hydrogen) atoms. The van der Waals surface area contributed by atoms with Crippen LogP contribution in [0.15, 0.2) is 72.8 Å². The van der Waals surface area contributed by atoms with Crippen LogP contribution in [0.5, 0.6) is 0 Å². The minimum Gasteiger partial charge on any atom is -0.481 e. The van der Waals surface area contributed by atoms with Crippen molar-refractivity contribution in [2.45, 2.75) is 19.5 Å². The van der Waals surface area contributed by atoms with Crippen molar-refractivity contribution in [2.75, 3.05) is 0 Å². The van der Waals surface area contributed by atoms with Crippen LogP contribution in [0, 0.1) is 23.7 Å². The van der Waals surface area contributed by atoms with Crippen LogP contribution in [0.1, 0.15) is 17.5 Å². The molecule has 4 atom stereocenters. The van der Waals surface area contributed by atoms with Gasteiger partial charge in [-0.2, -0.15) is 0 Å². The predicted molar refractivity (Wildman–Crippen MR) is 102 cm³/mol. The zero-order valence-corrected chi connectivity index (χ0v) is 15.1. The molecule has 0 aromatic heterocycles. The summed E-state index contributed by atoms with van der Waals surface area (Å²) in [7, 11) is 0. The van der Waals surface area contributed by atoms with Gasteiger partial charge >= 0.3 is 5.97 Å². The third-order valence-electron chi connectivity index (χ3n) is 5.77. The average molecular weight is 361 g/mol. The molecule has 4 heteroatoms. The highest BCUT2D eigenvalue weighted by atomic mass is 16.4. The summed E-state index contributed by atoms with van der Waals surface area (Å²) in [6, 6.07) is 19.7. The lowest BCUT2D eigenvalue weighted by Gasteiger charge is -2.31. The van der Waals surface area contributed by atoms with Gasteiger partial charge in [-0.3, -0.25) is 9.59 Å². The Labute approximate surface area is 159 Å². The topological polar surface area (TPSA) is 57.6 Å². The fraction of sp³-hybridized carbons (Fsp3) is 0.304. The number of carbonyl (C=O) groups is 2. The molecular weight excluding hydrogens is 338 g/mol. The molecule has 2 aliphatic carbocycles. The highest BCUT2D eigenvalue weighted by Crippen LogP contribution is 2.49. The van der Waals surface area contributed by atoms with Crippen molar-refractivity contribution in [3.05, 3.63) is 83.9 Å². The molecule has 2 aromatic carbocycles. The van der Waals surface area contributed by atoms with E-state index in [1.807, 2.05) is 77.7 Å². The Bertz CT molecular complexity index is 805. The zero-order chi connectivity index (χ0) is 18.8. The zero-order valence-electron chi connectivity index (χ0n) is 15.1. The molecule has 0 aliphatic heterocycles. The molecule has 1 saturated carbocycles. The number of fused-ring (bicyclic) bond motifs is 2. The minimum absolute atomic E-state index is 0.0169. The van der Waals surface area contributed by atoms with Crippen molar-refractivity contribution in [1.82, 2.24) is 4.90 Å². The Morgan fingerprint density at radius 2 is 1.30 bits per heavy atom. The smallest absolute Gasteiger partial charge is 0.307 e. The van der Waals surface area contributed by atoms with Crippen LogP contribution < -0.4 is 0 Å². The summed E-state index contributed by atoms with van der Waals surface area (Å²) < 4.78 is 0. The summed E-state index contributed by atoms with van der Waals surface area (Å²) in [5.74, 6) is -1.96. The van der Waals surface area contributed by atoms with Gasteiger partial charge in [0.15, 0.2) is 0 Å². The maximum Gasteiger partial charge on any atom is 0.307 e. The average Bonchev–Trinajstić information content (AvgIpc) is 3.30. The quantitative estimate of drug-likeness (QED) is 0.798. The lowest BCUT2D eigenvalue weighted by molar-refractivity contribution is -0.151. The molecule has 1 N–H and O–H groups in total. The van der Waals surface area contributed by atoms with Gasteiger partial charge in [-0.15, -0.1) is 0 Å². The third-order valence-corrected chi connectivity index (χ3v) is 5.77. The fourth-order valence-corrected chi connectivity index (χ4v) is 4.53. The number of hydrogen-bond donors (Lipinski definition) is 1. The lowest BCUT2D eigenvalue weighted by atomic mass is 9.82. The van der Waals surface area contributed by atoms with E-state index < -0.39 is 17.8 Å². The molecule has 0 spiro atoms. The summed E-state index contributed by atoms with van der Waals surface area (Å²) in [6.45, 7) is 0.969. The number of aliphatic carboxylic acids is 1. The molecule has 0 saturated heterocycles. The molecule has 1 fully saturated rings. The van der Waals surface area contributed by atoms with Crippen LogP contribution in [0.2, 0.25) is 0 Å². The Balaban J connectivity index is 1.62. The van der Waals surface area contributed by atoms with Crippen LogP contribution in [-0.2, 0) is 22.7 Å². The first kappa shape index (κ1) is 17.5. The predicted octanol–water partition coefficient (Wildman–Crippen LogP) is 3.74. The SMILES string of the molecule is O=C(O)[C@H]1[C@@H](C(=O)N(Cc2ccccc2)Cc2ccccc2)[C@H]2C=C[C@H]1C2. The Morgan fingerprint density at radius 1 is 0.815 bits per heavy atom. The van der Waals surface area contributed by atoms with E-state index >= 15 is 0 Å². The molecule has 4 nitrogen and oxygen atoms in total. The van der Waals surface area contributed by atoms with Gasteiger partial charge < -0.3 is 10.0 Å². The van der Waals surface area contributed by atoms with Gasteiger partial charge in [0.1, 0.15) is 0 Å². The molecule has 0 unspecified atom stereocenters. The van der Waals surface area contributed by atoms with Gasteiger partial charge in [-0.05, 0) is 29.4 Å². The summed E-state index contributed by atoms with van der Waals surface area (Å²) in [5, 5.41) is 9.71. The Hall–Kier alpha value is -2.88. The highest BCUT2D eigenvalue weighted by molar-refractivity contribution is 5.87. The molecule has 1 amide bonds. The number of hydrogen-bond acceptors (Lipinski definition) is 2. The molecule has 4 rings (SSSR count). The van der Waals surface area contributed by atoms with E-state index in [4.69, 9.17) is 0 Å². The van der Waals surface area contributed by atoms with Crippen molar-refractivity contribution < 1.29 is 14.7 Å². The van der Waals surface area contributed by atoms with Crippen molar-refractivity contribution in [1.29, 1.82) is 0 Å². The lowest BCUT2D eigenvalue weighted by Crippen LogP contribution is -2.42. The number of rotatable bonds is 6. The monoisotopic (exact) mass is 361 g/mol. The van der Waals surface area contributed by atoms with Gasteiger partial charge in [0.25, 0.3) is 0 Å². The first-order valence-electron chi connectivity index (χ1n) is 9.41. The maximum absolute atomic E-state index is 13.5. The largest absolute Gasteiger partial charge is 0.481 e. The van der Waals surface area contributed by atoms with E-state index in [1.54, 1.807) is 0 Å². The maximum atomic E-state index is 13.5. The van der Waals surface area contributed by atoms with Crippen LogP contribution in [0.4, 0.5) is 0 Å². The van der Waals surface area contributed by atoms with Crippen molar-refractivity contribution in [2.24, 2.45) is 23.7 Å². The second kappa shape index (κ2) is 7.39. The number of nitrogens with zero attached hydrogens (tertiary/aromatic N) is 1. The van der Waals surface area contributed by atoms with Crippen LogP contribution in [0.25, 0.3) is 0 Å². The summed E-state index contributed by atoms with van der Waals surface area (Å²) >= 11 is 0. The van der Waals surface area contributed by atoms with Crippen molar-refractivity contribution in [3.63, 3.8) is 0 Å². The molecular formula is C23H23NO3. The molecule has 0 heterocycles. The summed E-state index contributed by atoms with van der Waals surface area (Å²) in [4.78, 5) is 27.1. The Kier molecular flexibility index (Phi) is 4.80. The fourth-order valence-electron chi connectivity index (χ4n) is 4.53. The number of benzene rings is 2. The van der Waals surface area contributed by atoms with Crippen LogP contribution in [-0.4, -0.2) is 21.9 Å². The van der Waals surface area contributed by atoms with Crippen LogP contribution >= 0.6 is 0 Å². The van der Waals surface area contributed by atoms with E-state index in [1.165, 1.54) is 0 Å². The number of allylic oxidation sites excluding steroid dienone is 2. The van der Waals surface area contributed by atoms with Crippen molar-refractivity contribution >= 4 is 11.9 Å². The minimum atomic E-state index is -0.857. The van der Waals surface area contributed by atoms with E-state index in [2.05, 4.69) is 0 Å². The number of amides is 1. The third kappa shape index (κ3) is 3.52. The van der Waals surface area contributed by atoms with E-state index in [0.29, 0.717) is 13.1 Å². The van der Waals surface area contributed by atoms with E-state index in [0.717, 1.165) is 17.5 Å². The highest BCUT2D eigenvalue weighted by Gasteiger charge is 2.52. The van der Waals surface area contributed by atoms with Gasteiger partial charge in [-0.25, -0.2) is 0 Å². The van der Waals surface area contributed by atoms with Gasteiger partial charge in [0, 0.05) is 13.1 Å². The Morgan fingerprint density at radius 3 is 1.78 bits per heavy atom.